The number of aromatic nitrogens is 3. The SMILES string of the molecule is CCCNc1nc(Cl)nn2cc(C(=O)OC)cc12. The third-order valence-corrected chi connectivity index (χ3v) is 2.56. The Bertz CT molecular complexity index is 582. The molecule has 2 rings (SSSR count). The second-order valence-electron chi connectivity index (χ2n) is 3.71. The van der Waals surface area contributed by atoms with Crippen LogP contribution >= 0.6 is 11.6 Å². The summed E-state index contributed by atoms with van der Waals surface area (Å²) >= 11 is 5.83. The first-order valence-corrected chi connectivity index (χ1v) is 5.91. The third kappa shape index (κ3) is 2.38. The van der Waals surface area contributed by atoms with Crippen molar-refractivity contribution in [3.63, 3.8) is 0 Å². The Balaban J connectivity index is 2.49. The molecular weight excluding hydrogens is 256 g/mol. The fourth-order valence-electron chi connectivity index (χ4n) is 1.58. The van der Waals surface area contributed by atoms with E-state index in [9.17, 15) is 4.79 Å². The number of fused-ring (bicyclic) bond motifs is 1. The van der Waals surface area contributed by atoms with Crippen LogP contribution in [0.2, 0.25) is 5.28 Å². The number of esters is 1. The van der Waals surface area contributed by atoms with Crippen molar-refractivity contribution in [2.45, 2.75) is 13.3 Å². The average Bonchev–Trinajstić information content (AvgIpc) is 2.78. The van der Waals surface area contributed by atoms with Gasteiger partial charge in [-0.1, -0.05) is 6.92 Å². The van der Waals surface area contributed by atoms with Crippen LogP contribution in [-0.4, -0.2) is 34.2 Å². The van der Waals surface area contributed by atoms with Gasteiger partial charge in [-0.2, -0.15) is 4.98 Å². The first kappa shape index (κ1) is 12.6. The zero-order valence-corrected chi connectivity index (χ0v) is 10.9. The van der Waals surface area contributed by atoms with Crippen molar-refractivity contribution in [2.24, 2.45) is 0 Å². The molecule has 0 aliphatic carbocycles. The van der Waals surface area contributed by atoms with Gasteiger partial charge >= 0.3 is 5.97 Å². The van der Waals surface area contributed by atoms with Crippen molar-refractivity contribution in [3.05, 3.63) is 23.1 Å². The first-order valence-electron chi connectivity index (χ1n) is 5.53. The van der Waals surface area contributed by atoms with E-state index in [0.29, 0.717) is 16.9 Å². The number of rotatable bonds is 4. The smallest absolute Gasteiger partial charge is 0.339 e. The number of anilines is 1. The largest absolute Gasteiger partial charge is 0.465 e. The molecule has 96 valence electrons. The highest BCUT2D eigenvalue weighted by molar-refractivity contribution is 6.28. The van der Waals surface area contributed by atoms with Gasteiger partial charge in [0.15, 0.2) is 5.82 Å². The molecule has 0 saturated heterocycles. The number of nitrogens with one attached hydrogen (secondary N) is 1. The van der Waals surface area contributed by atoms with Gasteiger partial charge in [0, 0.05) is 12.7 Å². The standard InChI is InChI=1S/C11H13ClN4O2/c1-3-4-13-9-8-5-7(10(17)18-2)6-16(8)15-11(12)14-9/h5-6H,3-4H2,1-2H3,(H,13,14,15). The van der Waals surface area contributed by atoms with Gasteiger partial charge in [0.2, 0.25) is 5.28 Å². The topological polar surface area (TPSA) is 68.5 Å². The Morgan fingerprint density at radius 1 is 1.61 bits per heavy atom. The number of ether oxygens (including phenoxy) is 1. The number of hydrogen-bond acceptors (Lipinski definition) is 5. The summed E-state index contributed by atoms with van der Waals surface area (Å²) in [5.41, 5.74) is 1.10. The lowest BCUT2D eigenvalue weighted by atomic mass is 10.3. The normalized spacial score (nSPS) is 10.6. The molecule has 2 heterocycles. The maximum Gasteiger partial charge on any atom is 0.339 e. The van der Waals surface area contributed by atoms with Gasteiger partial charge < -0.3 is 10.1 Å². The van der Waals surface area contributed by atoms with Crippen LogP contribution < -0.4 is 5.32 Å². The van der Waals surface area contributed by atoms with E-state index in [-0.39, 0.29) is 5.28 Å². The van der Waals surface area contributed by atoms with Gasteiger partial charge in [0.05, 0.1) is 12.7 Å². The zero-order valence-electron chi connectivity index (χ0n) is 10.1. The van der Waals surface area contributed by atoms with E-state index in [1.54, 1.807) is 12.3 Å². The van der Waals surface area contributed by atoms with Crippen molar-refractivity contribution in [1.82, 2.24) is 14.6 Å². The summed E-state index contributed by atoms with van der Waals surface area (Å²) in [7, 11) is 1.33. The molecule has 1 N–H and O–H groups in total. The van der Waals surface area contributed by atoms with Gasteiger partial charge in [-0.25, -0.2) is 9.31 Å². The van der Waals surface area contributed by atoms with Gasteiger partial charge in [0.25, 0.3) is 0 Å². The molecule has 0 saturated carbocycles. The molecular formula is C11H13ClN4O2. The molecule has 0 aliphatic rings. The van der Waals surface area contributed by atoms with Crippen LogP contribution in [0.3, 0.4) is 0 Å². The van der Waals surface area contributed by atoms with E-state index >= 15 is 0 Å². The van der Waals surface area contributed by atoms with Crippen molar-refractivity contribution >= 4 is 28.9 Å². The number of halogens is 1. The minimum Gasteiger partial charge on any atom is -0.465 e. The summed E-state index contributed by atoms with van der Waals surface area (Å²) in [4.78, 5) is 15.6. The predicted octanol–water partition coefficient (Wildman–Crippen LogP) is 1.99. The van der Waals surface area contributed by atoms with Gasteiger partial charge in [-0.3, -0.25) is 0 Å². The molecule has 0 aromatic carbocycles. The average molecular weight is 269 g/mol. The molecule has 2 aromatic heterocycles. The van der Waals surface area contributed by atoms with Gasteiger partial charge in [0.1, 0.15) is 5.52 Å². The summed E-state index contributed by atoms with van der Waals surface area (Å²) < 4.78 is 6.18. The number of nitrogens with zero attached hydrogens (tertiary/aromatic N) is 3. The Morgan fingerprint density at radius 3 is 3.06 bits per heavy atom. The highest BCUT2D eigenvalue weighted by Crippen LogP contribution is 2.19. The molecule has 0 bridgehead atoms. The van der Waals surface area contributed by atoms with Crippen molar-refractivity contribution in [1.29, 1.82) is 0 Å². The van der Waals surface area contributed by atoms with E-state index in [0.717, 1.165) is 13.0 Å². The van der Waals surface area contributed by atoms with Crippen LogP contribution in [0.15, 0.2) is 12.3 Å². The van der Waals surface area contributed by atoms with Gasteiger partial charge in [-0.15, -0.1) is 5.10 Å². The Morgan fingerprint density at radius 2 is 2.39 bits per heavy atom. The molecule has 18 heavy (non-hydrogen) atoms. The summed E-state index contributed by atoms with van der Waals surface area (Å²) in [5, 5.41) is 7.26. The van der Waals surface area contributed by atoms with Crippen LogP contribution in [-0.2, 0) is 4.74 Å². The van der Waals surface area contributed by atoms with Crippen LogP contribution in [0.25, 0.3) is 5.52 Å². The maximum atomic E-state index is 11.5. The van der Waals surface area contributed by atoms with Crippen LogP contribution in [0.1, 0.15) is 23.7 Å². The molecule has 6 nitrogen and oxygen atoms in total. The Kier molecular flexibility index (Phi) is 3.66. The molecule has 7 heteroatoms. The Labute approximate surface area is 109 Å². The number of methoxy groups -OCH3 is 1. The molecule has 0 aliphatic heterocycles. The molecule has 0 atom stereocenters. The summed E-state index contributed by atoms with van der Waals surface area (Å²) in [6, 6.07) is 1.67. The van der Waals surface area contributed by atoms with Crippen molar-refractivity contribution < 1.29 is 9.53 Å². The minimum atomic E-state index is -0.418. The van der Waals surface area contributed by atoms with Crippen molar-refractivity contribution in [3.8, 4) is 0 Å². The van der Waals surface area contributed by atoms with Crippen LogP contribution in [0.4, 0.5) is 5.82 Å². The van der Waals surface area contributed by atoms with E-state index in [1.807, 2.05) is 6.92 Å². The van der Waals surface area contributed by atoms with Crippen LogP contribution in [0.5, 0.6) is 0 Å². The molecule has 0 unspecified atom stereocenters. The zero-order chi connectivity index (χ0) is 13.1. The summed E-state index contributed by atoms with van der Waals surface area (Å²) in [5.74, 6) is 0.185. The monoisotopic (exact) mass is 268 g/mol. The molecule has 0 spiro atoms. The van der Waals surface area contributed by atoms with E-state index < -0.39 is 5.97 Å². The van der Waals surface area contributed by atoms with E-state index in [2.05, 4.69) is 20.1 Å². The van der Waals surface area contributed by atoms with Crippen LogP contribution in [0, 0.1) is 0 Å². The summed E-state index contributed by atoms with van der Waals surface area (Å²) in [6.45, 7) is 2.81. The molecule has 0 radical (unpaired) electrons. The van der Waals surface area contributed by atoms with E-state index in [1.165, 1.54) is 11.6 Å². The number of carbonyl (C=O) groups is 1. The quantitative estimate of drug-likeness (QED) is 0.859. The Hall–Kier alpha value is -1.82. The lowest BCUT2D eigenvalue weighted by Gasteiger charge is -2.05. The van der Waals surface area contributed by atoms with E-state index in [4.69, 9.17) is 11.6 Å². The number of carbonyl (C=O) groups excluding carboxylic acids is 1. The number of hydrogen-bond donors (Lipinski definition) is 1. The van der Waals surface area contributed by atoms with Crippen molar-refractivity contribution in [2.75, 3.05) is 19.0 Å². The summed E-state index contributed by atoms with van der Waals surface area (Å²) in [6.07, 6.45) is 2.52. The third-order valence-electron chi connectivity index (χ3n) is 2.40. The molecule has 0 amide bonds. The molecule has 2 aromatic rings. The second-order valence-corrected chi connectivity index (χ2v) is 4.04. The lowest BCUT2D eigenvalue weighted by molar-refractivity contribution is 0.0601. The maximum absolute atomic E-state index is 11.5. The van der Waals surface area contributed by atoms with Gasteiger partial charge in [-0.05, 0) is 24.1 Å². The minimum absolute atomic E-state index is 0.119. The second kappa shape index (κ2) is 5.22. The molecule has 0 fully saturated rings. The lowest BCUT2D eigenvalue weighted by Crippen LogP contribution is -2.05. The highest BCUT2D eigenvalue weighted by atomic mass is 35.5. The fourth-order valence-corrected chi connectivity index (χ4v) is 1.74. The highest BCUT2D eigenvalue weighted by Gasteiger charge is 2.13. The fraction of sp³-hybridized carbons (Fsp3) is 0.364. The predicted molar refractivity (Wildman–Crippen MR) is 68.1 cm³/mol. The first-order chi connectivity index (χ1) is 8.65.